The number of hydrogen-bond donors (Lipinski definition) is 0. The summed E-state index contributed by atoms with van der Waals surface area (Å²) in [5.74, 6) is -1.02. The van der Waals surface area contributed by atoms with Crippen molar-refractivity contribution in [3.05, 3.63) is 109 Å². The van der Waals surface area contributed by atoms with Crippen molar-refractivity contribution in [3.63, 3.8) is 0 Å². The van der Waals surface area contributed by atoms with Gasteiger partial charge in [0.2, 0.25) is 9.84 Å². The van der Waals surface area contributed by atoms with Gasteiger partial charge in [0, 0.05) is 38.0 Å². The third-order valence-corrected chi connectivity index (χ3v) is 9.31. The van der Waals surface area contributed by atoms with Crippen molar-refractivity contribution in [2.45, 2.75) is 19.6 Å². The van der Waals surface area contributed by atoms with Gasteiger partial charge in [0.05, 0.1) is 9.79 Å². The molecule has 41 heavy (non-hydrogen) atoms. The van der Waals surface area contributed by atoms with Gasteiger partial charge in [0.25, 0.3) is 10.5 Å². The molecule has 0 heterocycles. The van der Waals surface area contributed by atoms with E-state index in [0.29, 0.717) is 0 Å². The summed E-state index contributed by atoms with van der Waals surface area (Å²) in [5, 5.41) is 0.0179. The number of carbonyl (C=O) groups excluding carboxylic acids is 2. The van der Waals surface area contributed by atoms with Crippen LogP contribution in [0.5, 0.6) is 0 Å². The summed E-state index contributed by atoms with van der Waals surface area (Å²) in [6, 6.07) is 24.7. The minimum atomic E-state index is -3.71. The van der Waals surface area contributed by atoms with Crippen LogP contribution in [-0.4, -0.2) is 56.9 Å². The van der Waals surface area contributed by atoms with Gasteiger partial charge < -0.3 is 9.80 Å². The molecule has 0 fully saturated rings. The second-order valence-electron chi connectivity index (χ2n) is 8.98. The highest BCUT2D eigenvalue weighted by atomic mass is 32.2. The number of benzene rings is 4. The Bertz CT molecular complexity index is 1460. The molecule has 214 valence electrons. The van der Waals surface area contributed by atoms with Gasteiger partial charge in [-0.1, -0.05) is 24.3 Å². The van der Waals surface area contributed by atoms with Crippen LogP contribution in [0.25, 0.3) is 11.1 Å². The van der Waals surface area contributed by atoms with Gasteiger partial charge in [-0.2, -0.15) is 0 Å². The smallest absolute Gasteiger partial charge is 0.285 e. The highest BCUT2D eigenvalue weighted by Crippen LogP contribution is 2.28. The molecule has 0 aliphatic heterocycles. The highest BCUT2D eigenvalue weighted by molar-refractivity contribution is 8.13. The van der Waals surface area contributed by atoms with Crippen LogP contribution in [0.4, 0.5) is 18.4 Å². The van der Waals surface area contributed by atoms with E-state index in [1.807, 2.05) is 48.5 Å². The first-order valence-electron chi connectivity index (χ1n) is 12.1. The molecule has 0 saturated carbocycles. The molecule has 4 aromatic carbocycles. The van der Waals surface area contributed by atoms with E-state index < -0.39 is 21.5 Å². The number of thioether (sulfide) groups is 2. The quantitative estimate of drug-likeness (QED) is 0.169. The maximum Gasteiger partial charge on any atom is 0.285 e. The molecule has 2 amide bonds. The molecular weight excluding hydrogens is 587 g/mol. The lowest BCUT2D eigenvalue weighted by molar-refractivity contribution is 0.240. The molecule has 4 rings (SSSR count). The second-order valence-corrected chi connectivity index (χ2v) is 13.0. The molecule has 0 unspecified atom stereocenters. The maximum absolute atomic E-state index is 12.7. The fourth-order valence-electron chi connectivity index (χ4n) is 3.18. The molecule has 0 radical (unpaired) electrons. The SMILES string of the molecule is CN(C)C(=O)Sc1ccc(-c2ccc(SC(=O)N(C)C)cc2)cc1.O=S(=O)(c1ccc(F)cc1)c1ccc(F)cc1. The molecule has 0 atom stereocenters. The Balaban J connectivity index is 0.000000239. The summed E-state index contributed by atoms with van der Waals surface area (Å²) in [7, 11) is 3.26. The van der Waals surface area contributed by atoms with E-state index in [9.17, 15) is 26.8 Å². The van der Waals surface area contributed by atoms with E-state index >= 15 is 0 Å². The van der Waals surface area contributed by atoms with Crippen molar-refractivity contribution in [1.29, 1.82) is 0 Å². The standard InChI is InChI=1S/C18H20N2O2S2.C12H8F2O2S/c1-19(2)17(21)23-15-9-5-13(6-10-15)14-7-11-16(12-8-14)24-18(22)20(3)4;13-9-1-5-11(6-2-9)17(15,16)12-7-3-10(14)4-8-12/h5-12H,1-4H3;1-8H. The van der Waals surface area contributed by atoms with Crippen LogP contribution in [0.2, 0.25) is 0 Å². The van der Waals surface area contributed by atoms with Crippen molar-refractivity contribution in [2.24, 2.45) is 0 Å². The topological polar surface area (TPSA) is 74.8 Å². The lowest BCUT2D eigenvalue weighted by Crippen LogP contribution is -2.15. The third kappa shape index (κ3) is 9.17. The Morgan fingerprint density at radius 1 is 0.537 bits per heavy atom. The minimum Gasteiger partial charge on any atom is -0.339 e. The van der Waals surface area contributed by atoms with Crippen LogP contribution in [0.3, 0.4) is 0 Å². The third-order valence-electron chi connectivity index (χ3n) is 5.43. The Morgan fingerprint density at radius 3 is 1.10 bits per heavy atom. The highest BCUT2D eigenvalue weighted by Gasteiger charge is 2.17. The van der Waals surface area contributed by atoms with Gasteiger partial charge in [0.1, 0.15) is 11.6 Å². The van der Waals surface area contributed by atoms with Gasteiger partial charge in [-0.25, -0.2) is 17.2 Å². The summed E-state index contributed by atoms with van der Waals surface area (Å²) in [4.78, 5) is 28.3. The van der Waals surface area contributed by atoms with E-state index in [4.69, 9.17) is 0 Å². The number of sulfone groups is 1. The Morgan fingerprint density at radius 2 is 0.829 bits per heavy atom. The molecular formula is C30H28F2N2O4S3. The van der Waals surface area contributed by atoms with E-state index in [2.05, 4.69) is 0 Å². The fourth-order valence-corrected chi connectivity index (χ4v) is 5.75. The molecule has 0 aliphatic rings. The number of rotatable bonds is 5. The fraction of sp³-hybridized carbons (Fsp3) is 0.133. The number of carbonyl (C=O) groups is 2. The summed E-state index contributed by atoms with van der Waals surface area (Å²) in [6.45, 7) is 0. The lowest BCUT2D eigenvalue weighted by atomic mass is 10.1. The first kappa shape index (κ1) is 31.9. The van der Waals surface area contributed by atoms with Crippen LogP contribution in [0, 0.1) is 11.6 Å². The number of nitrogens with zero attached hydrogens (tertiary/aromatic N) is 2. The largest absolute Gasteiger partial charge is 0.339 e. The average Bonchev–Trinajstić information content (AvgIpc) is 2.94. The normalized spacial score (nSPS) is 10.8. The molecule has 0 N–H and O–H groups in total. The van der Waals surface area contributed by atoms with Gasteiger partial charge in [-0.15, -0.1) is 0 Å². The zero-order chi connectivity index (χ0) is 30.2. The zero-order valence-corrected chi connectivity index (χ0v) is 25.2. The van der Waals surface area contributed by atoms with E-state index in [-0.39, 0.29) is 20.3 Å². The zero-order valence-electron chi connectivity index (χ0n) is 22.7. The molecule has 0 spiro atoms. The number of hydrogen-bond acceptors (Lipinski definition) is 6. The van der Waals surface area contributed by atoms with E-state index in [0.717, 1.165) is 45.2 Å². The van der Waals surface area contributed by atoms with Gasteiger partial charge in [-0.05, 0) is 107 Å². The van der Waals surface area contributed by atoms with Gasteiger partial charge >= 0.3 is 0 Å². The van der Waals surface area contributed by atoms with Crippen molar-refractivity contribution >= 4 is 43.8 Å². The van der Waals surface area contributed by atoms with Crippen LogP contribution in [0.1, 0.15) is 0 Å². The van der Waals surface area contributed by atoms with Crippen molar-refractivity contribution in [1.82, 2.24) is 9.80 Å². The van der Waals surface area contributed by atoms with Gasteiger partial charge in [0.15, 0.2) is 0 Å². The average molecular weight is 615 g/mol. The first-order valence-corrected chi connectivity index (χ1v) is 15.2. The van der Waals surface area contributed by atoms with Crippen LogP contribution >= 0.6 is 23.5 Å². The maximum atomic E-state index is 12.7. The Hall–Kier alpha value is -3.67. The minimum absolute atomic E-state index is 0.00897. The number of amides is 2. The monoisotopic (exact) mass is 614 g/mol. The summed E-state index contributed by atoms with van der Waals surface area (Å²) in [6.07, 6.45) is 0. The predicted octanol–water partition coefficient (Wildman–Crippen LogP) is 7.70. The Labute approximate surface area is 247 Å². The molecule has 0 bridgehead atoms. The lowest BCUT2D eigenvalue weighted by Gasteiger charge is -2.10. The van der Waals surface area contributed by atoms with E-state index in [1.165, 1.54) is 47.8 Å². The predicted molar refractivity (Wildman–Crippen MR) is 160 cm³/mol. The van der Waals surface area contributed by atoms with Crippen molar-refractivity contribution in [3.8, 4) is 11.1 Å². The van der Waals surface area contributed by atoms with E-state index in [1.54, 1.807) is 38.0 Å². The molecule has 6 nitrogen and oxygen atoms in total. The van der Waals surface area contributed by atoms with Crippen LogP contribution in [-0.2, 0) is 9.84 Å². The summed E-state index contributed by atoms with van der Waals surface area (Å²) in [5.41, 5.74) is 2.15. The van der Waals surface area contributed by atoms with Crippen LogP contribution in [0.15, 0.2) is 117 Å². The van der Waals surface area contributed by atoms with Crippen molar-refractivity contribution in [2.75, 3.05) is 28.2 Å². The second kappa shape index (κ2) is 14.3. The summed E-state index contributed by atoms with van der Waals surface area (Å²) >= 11 is 2.42. The molecule has 0 aliphatic carbocycles. The van der Waals surface area contributed by atoms with Crippen molar-refractivity contribution < 1.29 is 26.8 Å². The Kier molecular flexibility index (Phi) is 11.1. The van der Waals surface area contributed by atoms with Crippen LogP contribution < -0.4 is 0 Å². The summed E-state index contributed by atoms with van der Waals surface area (Å²) < 4.78 is 49.4. The molecule has 4 aromatic rings. The molecule has 0 saturated heterocycles. The number of halogens is 2. The first-order chi connectivity index (χ1) is 19.4. The molecule has 11 heteroatoms. The molecule has 0 aromatic heterocycles. The van der Waals surface area contributed by atoms with Gasteiger partial charge in [-0.3, -0.25) is 9.59 Å².